The molecule has 134 valence electrons. The molecule has 0 unspecified atom stereocenters. The number of halogens is 2. The molecule has 3 rings (SSSR count). The van der Waals surface area contributed by atoms with E-state index in [0.29, 0.717) is 39.2 Å². The van der Waals surface area contributed by atoms with Crippen molar-refractivity contribution >= 4 is 51.0 Å². The Kier molecular flexibility index (Phi) is 5.02. The average Bonchev–Trinajstić information content (AvgIpc) is 3.36. The van der Waals surface area contributed by atoms with Gasteiger partial charge in [-0.2, -0.15) is 0 Å². The summed E-state index contributed by atoms with van der Waals surface area (Å²) in [6, 6.07) is 11.3. The number of amides is 2. The molecule has 2 aromatic carbocycles. The van der Waals surface area contributed by atoms with E-state index in [1.807, 2.05) is 0 Å². The van der Waals surface area contributed by atoms with Crippen molar-refractivity contribution in [3.8, 4) is 0 Å². The van der Waals surface area contributed by atoms with Crippen LogP contribution in [0.15, 0.2) is 46.9 Å². The summed E-state index contributed by atoms with van der Waals surface area (Å²) < 4.78 is 0.678. The number of carbonyl (C=O) groups excluding carboxylic acids is 2. The van der Waals surface area contributed by atoms with Crippen LogP contribution in [0.3, 0.4) is 0 Å². The van der Waals surface area contributed by atoms with Crippen molar-refractivity contribution in [3.63, 3.8) is 0 Å². The molecule has 1 fully saturated rings. The summed E-state index contributed by atoms with van der Waals surface area (Å²) in [7, 11) is 0. The summed E-state index contributed by atoms with van der Waals surface area (Å²) in [6.07, 6.45) is -0.421. The lowest BCUT2D eigenvalue weighted by Crippen LogP contribution is -2.45. The minimum Gasteiger partial charge on any atom is -0.465 e. The molecule has 0 aromatic heterocycles. The van der Waals surface area contributed by atoms with Gasteiger partial charge < -0.3 is 15.7 Å². The lowest BCUT2D eigenvalue weighted by molar-refractivity contribution is -0.119. The van der Waals surface area contributed by atoms with Crippen LogP contribution in [0.25, 0.3) is 0 Å². The normalized spacial score (nSPS) is 14.4. The highest BCUT2D eigenvalue weighted by molar-refractivity contribution is 9.10. The first-order valence-electron chi connectivity index (χ1n) is 7.73. The van der Waals surface area contributed by atoms with Gasteiger partial charge in [-0.15, -0.1) is 0 Å². The Morgan fingerprint density at radius 2 is 1.73 bits per heavy atom. The van der Waals surface area contributed by atoms with E-state index >= 15 is 0 Å². The third kappa shape index (κ3) is 3.89. The number of nitrogens with one attached hydrogen (secondary N) is 2. The Balaban J connectivity index is 1.89. The molecule has 6 nitrogen and oxygen atoms in total. The fourth-order valence-corrected chi connectivity index (χ4v) is 3.04. The zero-order valence-electron chi connectivity index (χ0n) is 13.4. The van der Waals surface area contributed by atoms with Crippen LogP contribution in [0.1, 0.15) is 28.8 Å². The summed E-state index contributed by atoms with van der Waals surface area (Å²) in [5.41, 5.74) is -0.0926. The Morgan fingerprint density at radius 1 is 1.08 bits per heavy atom. The van der Waals surface area contributed by atoms with Crippen LogP contribution in [-0.4, -0.2) is 28.4 Å². The molecule has 2 aromatic rings. The first-order chi connectivity index (χ1) is 12.3. The first-order valence-corrected chi connectivity index (χ1v) is 8.90. The second kappa shape index (κ2) is 7.09. The van der Waals surface area contributed by atoms with Crippen LogP contribution in [-0.2, 0) is 4.79 Å². The maximum atomic E-state index is 12.8. The molecule has 0 spiro atoms. The van der Waals surface area contributed by atoms with Gasteiger partial charge in [-0.1, -0.05) is 27.5 Å². The molecule has 8 heteroatoms. The Hall–Kier alpha value is -2.38. The molecule has 3 N–H and O–H groups in total. The van der Waals surface area contributed by atoms with E-state index in [-0.39, 0.29) is 5.78 Å². The van der Waals surface area contributed by atoms with Crippen LogP contribution in [0.4, 0.5) is 10.5 Å². The third-order valence-corrected chi connectivity index (χ3v) is 4.86. The summed E-state index contributed by atoms with van der Waals surface area (Å²) in [5, 5.41) is 14.3. The minimum atomic E-state index is -1.26. The molecule has 0 saturated heterocycles. The van der Waals surface area contributed by atoms with Crippen molar-refractivity contribution < 1.29 is 19.5 Å². The highest BCUT2D eigenvalue weighted by atomic mass is 79.9. The van der Waals surface area contributed by atoms with Crippen molar-refractivity contribution in [2.24, 2.45) is 0 Å². The van der Waals surface area contributed by atoms with Gasteiger partial charge in [-0.25, -0.2) is 4.79 Å². The number of ketones is 1. The van der Waals surface area contributed by atoms with Crippen LogP contribution < -0.4 is 10.6 Å². The van der Waals surface area contributed by atoms with Gasteiger partial charge in [0, 0.05) is 20.6 Å². The first kappa shape index (κ1) is 18.4. The number of anilines is 1. The third-order valence-electron chi connectivity index (χ3n) is 4.11. The standard InChI is InChI=1S/C18H14BrClN2O4/c19-11-3-6-14(21-16(24)18(7-8-18)22-17(25)26)13(9-11)15(23)10-1-4-12(20)5-2-10/h1-6,9,22H,7-8H2,(H,21,24)(H,25,26). The Bertz CT molecular complexity index is 895. The predicted molar refractivity (Wildman–Crippen MR) is 101 cm³/mol. The summed E-state index contributed by atoms with van der Waals surface area (Å²) >= 11 is 9.18. The topological polar surface area (TPSA) is 95.5 Å². The van der Waals surface area contributed by atoms with E-state index in [1.54, 1.807) is 42.5 Å². The largest absolute Gasteiger partial charge is 0.465 e. The summed E-state index contributed by atoms with van der Waals surface area (Å²) in [4.78, 5) is 36.2. The average molecular weight is 438 g/mol. The number of hydrogen-bond acceptors (Lipinski definition) is 3. The van der Waals surface area contributed by atoms with E-state index in [1.165, 1.54) is 0 Å². The highest BCUT2D eigenvalue weighted by Gasteiger charge is 2.51. The molecule has 1 aliphatic rings. The van der Waals surface area contributed by atoms with E-state index in [2.05, 4.69) is 26.6 Å². The Morgan fingerprint density at radius 3 is 2.31 bits per heavy atom. The van der Waals surface area contributed by atoms with Gasteiger partial charge in [0.25, 0.3) is 0 Å². The van der Waals surface area contributed by atoms with Crippen LogP contribution in [0, 0.1) is 0 Å². The molecule has 2 amide bonds. The number of carboxylic acid groups (broad SMARTS) is 1. The highest BCUT2D eigenvalue weighted by Crippen LogP contribution is 2.37. The fourth-order valence-electron chi connectivity index (χ4n) is 2.55. The smallest absolute Gasteiger partial charge is 0.405 e. The Labute approximate surface area is 162 Å². The lowest BCUT2D eigenvalue weighted by Gasteiger charge is -2.17. The number of hydrogen-bond donors (Lipinski definition) is 3. The monoisotopic (exact) mass is 436 g/mol. The molecular formula is C18H14BrClN2O4. The van der Waals surface area contributed by atoms with Crippen molar-refractivity contribution in [2.45, 2.75) is 18.4 Å². The van der Waals surface area contributed by atoms with Gasteiger partial charge in [0.15, 0.2) is 5.78 Å². The minimum absolute atomic E-state index is 0.283. The zero-order valence-corrected chi connectivity index (χ0v) is 15.7. The van der Waals surface area contributed by atoms with E-state index < -0.39 is 17.5 Å². The zero-order chi connectivity index (χ0) is 18.9. The molecule has 1 aliphatic carbocycles. The molecular weight excluding hydrogens is 424 g/mol. The summed E-state index contributed by atoms with van der Waals surface area (Å²) in [6.45, 7) is 0. The van der Waals surface area contributed by atoms with Crippen LogP contribution >= 0.6 is 27.5 Å². The predicted octanol–water partition coefficient (Wildman–Crippen LogP) is 4.07. The summed E-state index contributed by atoms with van der Waals surface area (Å²) in [5.74, 6) is -0.762. The van der Waals surface area contributed by atoms with E-state index in [0.717, 1.165) is 0 Å². The van der Waals surface area contributed by atoms with E-state index in [9.17, 15) is 14.4 Å². The molecule has 0 atom stereocenters. The van der Waals surface area contributed by atoms with Crippen LogP contribution in [0.5, 0.6) is 0 Å². The van der Waals surface area contributed by atoms with Gasteiger partial charge in [0.1, 0.15) is 5.54 Å². The van der Waals surface area contributed by atoms with E-state index in [4.69, 9.17) is 16.7 Å². The van der Waals surface area contributed by atoms with Gasteiger partial charge in [-0.3, -0.25) is 9.59 Å². The second-order valence-corrected chi connectivity index (χ2v) is 7.34. The number of rotatable bonds is 5. The SMILES string of the molecule is O=C(O)NC1(C(=O)Nc2ccc(Br)cc2C(=O)c2ccc(Cl)cc2)CC1. The molecule has 0 aliphatic heterocycles. The van der Waals surface area contributed by atoms with Gasteiger partial charge in [0.05, 0.1) is 5.69 Å². The lowest BCUT2D eigenvalue weighted by atomic mass is 10.0. The van der Waals surface area contributed by atoms with Gasteiger partial charge in [0.2, 0.25) is 5.91 Å². The second-order valence-electron chi connectivity index (χ2n) is 5.99. The quantitative estimate of drug-likeness (QED) is 0.614. The van der Waals surface area contributed by atoms with Crippen molar-refractivity contribution in [1.29, 1.82) is 0 Å². The van der Waals surface area contributed by atoms with Crippen LogP contribution in [0.2, 0.25) is 5.02 Å². The number of benzene rings is 2. The van der Waals surface area contributed by atoms with Crippen molar-refractivity contribution in [1.82, 2.24) is 5.32 Å². The maximum absolute atomic E-state index is 12.8. The van der Waals surface area contributed by atoms with Crippen molar-refractivity contribution in [3.05, 3.63) is 63.1 Å². The number of carbonyl (C=O) groups is 3. The van der Waals surface area contributed by atoms with Gasteiger partial charge in [-0.05, 0) is 55.3 Å². The molecule has 0 bridgehead atoms. The molecule has 0 heterocycles. The molecule has 0 radical (unpaired) electrons. The molecule has 1 saturated carbocycles. The fraction of sp³-hybridized carbons (Fsp3) is 0.167. The molecule has 26 heavy (non-hydrogen) atoms. The van der Waals surface area contributed by atoms with Crippen molar-refractivity contribution in [2.75, 3.05) is 5.32 Å². The van der Waals surface area contributed by atoms with Gasteiger partial charge >= 0.3 is 6.09 Å². The maximum Gasteiger partial charge on any atom is 0.405 e.